The predicted molar refractivity (Wildman–Crippen MR) is 125 cm³/mol. The van der Waals surface area contributed by atoms with Gasteiger partial charge >= 0.3 is 0 Å². The number of benzene rings is 2. The van der Waals surface area contributed by atoms with Gasteiger partial charge < -0.3 is 5.32 Å². The highest BCUT2D eigenvalue weighted by molar-refractivity contribution is 7.89. The van der Waals surface area contributed by atoms with Gasteiger partial charge in [0.25, 0.3) is 0 Å². The SMILES string of the molecule is O=S(=O)(c1cccc(CNC2CCCc3cccnc32)c1)N(Cc1ccccc1)C1CC1. The molecule has 5 rings (SSSR count). The molecule has 1 atom stereocenters. The largest absolute Gasteiger partial charge is 0.305 e. The van der Waals surface area contributed by atoms with E-state index < -0.39 is 10.0 Å². The van der Waals surface area contributed by atoms with Crippen LogP contribution in [0.25, 0.3) is 0 Å². The van der Waals surface area contributed by atoms with Crippen LogP contribution in [0.5, 0.6) is 0 Å². The maximum Gasteiger partial charge on any atom is 0.243 e. The van der Waals surface area contributed by atoms with Gasteiger partial charge in [-0.25, -0.2) is 8.42 Å². The van der Waals surface area contributed by atoms with E-state index in [0.29, 0.717) is 18.0 Å². The van der Waals surface area contributed by atoms with Crippen molar-refractivity contribution >= 4 is 10.0 Å². The Morgan fingerprint density at radius 2 is 1.75 bits per heavy atom. The second-order valence-corrected chi connectivity index (χ2v) is 10.7. The van der Waals surface area contributed by atoms with Crippen molar-refractivity contribution in [2.45, 2.75) is 62.2 Å². The van der Waals surface area contributed by atoms with Gasteiger partial charge in [0.15, 0.2) is 0 Å². The Bertz CT molecular complexity index is 1180. The quantitative estimate of drug-likeness (QED) is 0.548. The highest BCUT2D eigenvalue weighted by Gasteiger charge is 2.38. The van der Waals surface area contributed by atoms with E-state index in [1.54, 1.807) is 10.4 Å². The molecule has 1 fully saturated rings. The fourth-order valence-electron chi connectivity index (χ4n) is 4.54. The van der Waals surface area contributed by atoms with Crippen molar-refractivity contribution in [3.8, 4) is 0 Å². The van der Waals surface area contributed by atoms with Crippen molar-refractivity contribution in [2.24, 2.45) is 0 Å². The number of hydrogen-bond donors (Lipinski definition) is 1. The number of nitrogens with zero attached hydrogens (tertiary/aromatic N) is 2. The molecule has 1 N–H and O–H groups in total. The summed E-state index contributed by atoms with van der Waals surface area (Å²) in [6.45, 7) is 1.03. The number of rotatable bonds is 8. The fraction of sp³-hybridized carbons (Fsp3) is 0.346. The van der Waals surface area contributed by atoms with E-state index in [9.17, 15) is 8.42 Å². The molecule has 0 saturated heterocycles. The molecule has 1 saturated carbocycles. The summed E-state index contributed by atoms with van der Waals surface area (Å²) in [7, 11) is -3.56. The van der Waals surface area contributed by atoms with Crippen molar-refractivity contribution in [3.05, 3.63) is 95.3 Å². The predicted octanol–water partition coefficient (Wildman–Crippen LogP) is 4.60. The van der Waals surface area contributed by atoms with Crippen molar-refractivity contribution < 1.29 is 8.42 Å². The molecule has 6 heteroatoms. The summed E-state index contributed by atoms with van der Waals surface area (Å²) in [4.78, 5) is 4.97. The number of sulfonamides is 1. The van der Waals surface area contributed by atoms with Crippen LogP contribution in [0, 0.1) is 0 Å². The van der Waals surface area contributed by atoms with E-state index in [1.807, 2.05) is 60.8 Å². The molecular weight excluding hydrogens is 418 g/mol. The number of fused-ring (bicyclic) bond motifs is 1. The Morgan fingerprint density at radius 1 is 0.938 bits per heavy atom. The molecule has 1 aromatic heterocycles. The average molecular weight is 448 g/mol. The number of pyridine rings is 1. The minimum atomic E-state index is -3.56. The van der Waals surface area contributed by atoms with Crippen LogP contribution in [0.4, 0.5) is 0 Å². The van der Waals surface area contributed by atoms with Gasteiger partial charge in [-0.05, 0) is 67.0 Å². The fourth-order valence-corrected chi connectivity index (χ4v) is 6.28. The maximum atomic E-state index is 13.5. The minimum absolute atomic E-state index is 0.104. The monoisotopic (exact) mass is 447 g/mol. The van der Waals surface area contributed by atoms with Gasteiger partial charge in [-0.1, -0.05) is 48.5 Å². The normalized spacial score (nSPS) is 18.5. The molecule has 2 aromatic carbocycles. The molecule has 0 spiro atoms. The van der Waals surface area contributed by atoms with Crippen LogP contribution in [0.2, 0.25) is 0 Å². The lowest BCUT2D eigenvalue weighted by Gasteiger charge is -2.25. The first-order valence-corrected chi connectivity index (χ1v) is 12.9. The summed E-state index contributed by atoms with van der Waals surface area (Å²) in [6.07, 6.45) is 6.98. The molecule has 0 bridgehead atoms. The summed E-state index contributed by atoms with van der Waals surface area (Å²) >= 11 is 0. The van der Waals surface area contributed by atoms with Crippen LogP contribution in [-0.2, 0) is 29.5 Å². The lowest BCUT2D eigenvalue weighted by Crippen LogP contribution is -2.32. The standard InChI is InChI=1S/C26H29N3O2S/c30-32(31,29(23-14-15-23)19-20-7-2-1-3-8-20)24-12-4-9-21(17-24)18-28-25-13-5-10-22-11-6-16-27-26(22)25/h1-4,6-9,11-12,16-17,23,25,28H,5,10,13-15,18-19H2. The lowest BCUT2D eigenvalue weighted by molar-refractivity contribution is 0.398. The molecule has 1 heterocycles. The Labute approximate surface area is 190 Å². The molecule has 2 aliphatic rings. The molecule has 1 unspecified atom stereocenters. The molecule has 5 nitrogen and oxygen atoms in total. The number of aromatic nitrogens is 1. The number of nitrogens with one attached hydrogen (secondary N) is 1. The zero-order chi connectivity index (χ0) is 22.0. The van der Waals surface area contributed by atoms with Gasteiger partial charge in [0.2, 0.25) is 10.0 Å². The smallest absolute Gasteiger partial charge is 0.243 e. The summed E-state index contributed by atoms with van der Waals surface area (Å²) < 4.78 is 28.7. The molecule has 166 valence electrons. The van der Waals surface area contributed by atoms with Crippen molar-refractivity contribution in [3.63, 3.8) is 0 Å². The van der Waals surface area contributed by atoms with Gasteiger partial charge in [-0.3, -0.25) is 4.98 Å². The van der Waals surface area contributed by atoms with Gasteiger partial charge in [0.05, 0.1) is 16.6 Å². The van der Waals surface area contributed by atoms with E-state index in [-0.39, 0.29) is 12.1 Å². The van der Waals surface area contributed by atoms with Crippen LogP contribution in [0.1, 0.15) is 54.1 Å². The molecule has 0 radical (unpaired) electrons. The van der Waals surface area contributed by atoms with Crippen molar-refractivity contribution in [2.75, 3.05) is 0 Å². The molecule has 3 aromatic rings. The van der Waals surface area contributed by atoms with E-state index in [0.717, 1.165) is 48.9 Å². The summed E-state index contributed by atoms with van der Waals surface area (Å²) in [5.74, 6) is 0. The van der Waals surface area contributed by atoms with Crippen LogP contribution in [-0.4, -0.2) is 23.7 Å². The van der Waals surface area contributed by atoms with Crippen LogP contribution in [0.15, 0.2) is 77.8 Å². The topological polar surface area (TPSA) is 62.3 Å². The van der Waals surface area contributed by atoms with E-state index in [4.69, 9.17) is 0 Å². The summed E-state index contributed by atoms with van der Waals surface area (Å²) in [5.41, 5.74) is 4.44. The van der Waals surface area contributed by atoms with Crippen molar-refractivity contribution in [1.29, 1.82) is 0 Å². The molecule has 0 aliphatic heterocycles. The molecule has 2 aliphatic carbocycles. The van der Waals surface area contributed by atoms with Gasteiger partial charge in [-0.2, -0.15) is 4.31 Å². The van der Waals surface area contributed by atoms with E-state index in [2.05, 4.69) is 16.4 Å². The van der Waals surface area contributed by atoms with Crippen LogP contribution >= 0.6 is 0 Å². The first-order chi connectivity index (χ1) is 15.6. The number of aryl methyl sites for hydroxylation is 1. The average Bonchev–Trinajstić information content (AvgIpc) is 3.67. The second-order valence-electron chi connectivity index (χ2n) is 8.79. The summed E-state index contributed by atoms with van der Waals surface area (Å²) in [5, 5.41) is 3.61. The second kappa shape index (κ2) is 9.14. The Balaban J connectivity index is 1.33. The zero-order valence-corrected chi connectivity index (χ0v) is 19.0. The van der Waals surface area contributed by atoms with Crippen LogP contribution in [0.3, 0.4) is 0 Å². The molecule has 32 heavy (non-hydrogen) atoms. The van der Waals surface area contributed by atoms with E-state index >= 15 is 0 Å². The Hall–Kier alpha value is -2.54. The maximum absolute atomic E-state index is 13.5. The Kier molecular flexibility index (Phi) is 6.09. The first-order valence-electron chi connectivity index (χ1n) is 11.4. The molecule has 0 amide bonds. The third-order valence-electron chi connectivity index (χ3n) is 6.39. The van der Waals surface area contributed by atoms with E-state index in [1.165, 1.54) is 5.56 Å². The van der Waals surface area contributed by atoms with Gasteiger partial charge in [0.1, 0.15) is 0 Å². The minimum Gasteiger partial charge on any atom is -0.305 e. The third-order valence-corrected chi connectivity index (χ3v) is 8.28. The Morgan fingerprint density at radius 3 is 2.56 bits per heavy atom. The van der Waals surface area contributed by atoms with Gasteiger partial charge in [0, 0.05) is 25.3 Å². The zero-order valence-electron chi connectivity index (χ0n) is 18.2. The lowest BCUT2D eigenvalue weighted by atomic mass is 9.92. The number of hydrogen-bond acceptors (Lipinski definition) is 4. The highest BCUT2D eigenvalue weighted by atomic mass is 32.2. The van der Waals surface area contributed by atoms with Crippen molar-refractivity contribution in [1.82, 2.24) is 14.6 Å². The first kappa shape index (κ1) is 21.3. The van der Waals surface area contributed by atoms with Crippen LogP contribution < -0.4 is 5.32 Å². The van der Waals surface area contributed by atoms with Gasteiger partial charge in [-0.15, -0.1) is 0 Å². The third kappa shape index (κ3) is 4.63. The highest BCUT2D eigenvalue weighted by Crippen LogP contribution is 2.34. The summed E-state index contributed by atoms with van der Waals surface area (Å²) in [6, 6.07) is 21.7. The molecular formula is C26H29N3O2S.